The lowest BCUT2D eigenvalue weighted by Crippen LogP contribution is -2.29. The Morgan fingerprint density at radius 3 is 2.04 bits per heavy atom. The van der Waals surface area contributed by atoms with Gasteiger partial charge in [-0.1, -0.05) is 44.2 Å². The number of anilines is 2. The maximum Gasteiger partial charge on any atom is 0.314 e. The van der Waals surface area contributed by atoms with E-state index >= 15 is 0 Å². The minimum atomic E-state index is -0.814. The van der Waals surface area contributed by atoms with Gasteiger partial charge >= 0.3 is 11.8 Å². The molecule has 0 aliphatic heterocycles. The van der Waals surface area contributed by atoms with Crippen molar-refractivity contribution in [3.05, 3.63) is 59.7 Å². The summed E-state index contributed by atoms with van der Waals surface area (Å²) in [6.45, 7) is 4.02. The number of para-hydroxylation sites is 2. The molecule has 2 rings (SSSR count). The van der Waals surface area contributed by atoms with Gasteiger partial charge in [0.15, 0.2) is 0 Å². The summed E-state index contributed by atoms with van der Waals surface area (Å²) in [5.74, 6) is -1.37. The lowest BCUT2D eigenvalue weighted by molar-refractivity contribution is -0.133. The summed E-state index contributed by atoms with van der Waals surface area (Å²) in [7, 11) is 0. The van der Waals surface area contributed by atoms with Gasteiger partial charge in [-0.3, -0.25) is 9.59 Å². The Bertz CT molecular complexity index is 776. The summed E-state index contributed by atoms with van der Waals surface area (Å²) in [5.41, 5.74) is 2.17. The van der Waals surface area contributed by atoms with Crippen molar-refractivity contribution >= 4 is 23.2 Å². The molecule has 0 aliphatic rings. The zero-order valence-corrected chi connectivity index (χ0v) is 13.0. The third-order valence-corrected chi connectivity index (χ3v) is 3.33. The topological polar surface area (TPSA) is 82.0 Å². The number of hydrogen-bond donors (Lipinski definition) is 2. The van der Waals surface area contributed by atoms with Crippen molar-refractivity contribution in [3.8, 4) is 6.07 Å². The van der Waals surface area contributed by atoms with Crippen LogP contribution in [0.1, 0.15) is 30.9 Å². The number of nitriles is 1. The smallest absolute Gasteiger partial charge is 0.314 e. The normalized spacial score (nSPS) is 10.0. The number of carbonyl (C=O) groups is 2. The molecule has 2 aromatic rings. The van der Waals surface area contributed by atoms with Crippen molar-refractivity contribution in [3.63, 3.8) is 0 Å². The van der Waals surface area contributed by atoms with E-state index in [9.17, 15) is 9.59 Å². The molecule has 0 radical (unpaired) electrons. The molecule has 0 aliphatic carbocycles. The Labute approximate surface area is 134 Å². The molecule has 0 unspecified atom stereocenters. The number of carbonyl (C=O) groups excluding carboxylic acids is 2. The Kier molecular flexibility index (Phi) is 5.11. The van der Waals surface area contributed by atoms with E-state index in [1.165, 1.54) is 0 Å². The van der Waals surface area contributed by atoms with Gasteiger partial charge in [-0.25, -0.2) is 0 Å². The highest BCUT2D eigenvalue weighted by Gasteiger charge is 2.17. The third kappa shape index (κ3) is 3.95. The highest BCUT2D eigenvalue weighted by atomic mass is 16.2. The first-order valence-corrected chi connectivity index (χ1v) is 7.23. The van der Waals surface area contributed by atoms with Crippen LogP contribution in [0.4, 0.5) is 11.4 Å². The van der Waals surface area contributed by atoms with Crippen LogP contribution in [0.2, 0.25) is 0 Å². The molecule has 116 valence electrons. The lowest BCUT2D eigenvalue weighted by Gasteiger charge is -2.13. The monoisotopic (exact) mass is 307 g/mol. The first-order chi connectivity index (χ1) is 11.0. The molecular formula is C18H17N3O2. The summed E-state index contributed by atoms with van der Waals surface area (Å²) >= 11 is 0. The second-order valence-corrected chi connectivity index (χ2v) is 5.31. The van der Waals surface area contributed by atoms with E-state index < -0.39 is 11.8 Å². The van der Waals surface area contributed by atoms with E-state index in [1.807, 2.05) is 32.0 Å². The fourth-order valence-electron chi connectivity index (χ4n) is 2.16. The molecule has 0 aromatic heterocycles. The lowest BCUT2D eigenvalue weighted by atomic mass is 10.0. The fourth-order valence-corrected chi connectivity index (χ4v) is 2.16. The largest absolute Gasteiger partial charge is 0.318 e. The van der Waals surface area contributed by atoms with Crippen LogP contribution in [0, 0.1) is 11.3 Å². The highest BCUT2D eigenvalue weighted by molar-refractivity contribution is 6.43. The molecule has 0 spiro atoms. The summed E-state index contributed by atoms with van der Waals surface area (Å²) in [6, 6.07) is 15.8. The molecule has 0 bridgehead atoms. The summed E-state index contributed by atoms with van der Waals surface area (Å²) in [6.07, 6.45) is 0. The number of nitrogens with zero attached hydrogens (tertiary/aromatic N) is 1. The number of rotatable bonds is 3. The SMILES string of the molecule is CC(C)c1ccccc1NC(=O)C(=O)Nc1ccccc1C#N. The zero-order chi connectivity index (χ0) is 16.8. The maximum atomic E-state index is 12.1. The molecule has 5 nitrogen and oxygen atoms in total. The van der Waals surface area contributed by atoms with Crippen LogP contribution in [0.3, 0.4) is 0 Å². The van der Waals surface area contributed by atoms with Crippen LogP contribution in [0.25, 0.3) is 0 Å². The van der Waals surface area contributed by atoms with Gasteiger partial charge < -0.3 is 10.6 Å². The predicted molar refractivity (Wildman–Crippen MR) is 88.9 cm³/mol. The molecule has 0 saturated carbocycles. The minimum Gasteiger partial charge on any atom is -0.318 e. The van der Waals surface area contributed by atoms with E-state index in [1.54, 1.807) is 36.4 Å². The van der Waals surface area contributed by atoms with E-state index in [0.717, 1.165) is 5.56 Å². The van der Waals surface area contributed by atoms with Gasteiger partial charge in [-0.2, -0.15) is 5.26 Å². The average Bonchev–Trinajstić information content (AvgIpc) is 2.55. The van der Waals surface area contributed by atoms with Crippen LogP contribution in [0.15, 0.2) is 48.5 Å². The quantitative estimate of drug-likeness (QED) is 0.854. The fraction of sp³-hybridized carbons (Fsp3) is 0.167. The van der Waals surface area contributed by atoms with E-state index in [0.29, 0.717) is 16.9 Å². The van der Waals surface area contributed by atoms with Crippen molar-refractivity contribution < 1.29 is 9.59 Å². The number of nitrogens with one attached hydrogen (secondary N) is 2. The van der Waals surface area contributed by atoms with E-state index in [2.05, 4.69) is 10.6 Å². The molecule has 2 amide bonds. The second kappa shape index (κ2) is 7.23. The van der Waals surface area contributed by atoms with Crippen LogP contribution in [-0.4, -0.2) is 11.8 Å². The number of hydrogen-bond acceptors (Lipinski definition) is 3. The Hall–Kier alpha value is -3.13. The molecule has 23 heavy (non-hydrogen) atoms. The standard InChI is InChI=1S/C18H17N3O2/c1-12(2)14-8-4-6-10-16(14)21-18(23)17(22)20-15-9-5-3-7-13(15)11-19/h3-10,12H,1-2H3,(H,20,22)(H,21,23). The van der Waals surface area contributed by atoms with Gasteiger partial charge in [0.2, 0.25) is 0 Å². The van der Waals surface area contributed by atoms with Gasteiger partial charge in [0.1, 0.15) is 6.07 Å². The Balaban J connectivity index is 2.13. The van der Waals surface area contributed by atoms with Gasteiger partial charge in [0, 0.05) is 5.69 Å². The highest BCUT2D eigenvalue weighted by Crippen LogP contribution is 2.23. The second-order valence-electron chi connectivity index (χ2n) is 5.31. The summed E-state index contributed by atoms with van der Waals surface area (Å²) < 4.78 is 0. The first kappa shape index (κ1) is 16.2. The molecule has 0 fully saturated rings. The van der Waals surface area contributed by atoms with Crippen LogP contribution < -0.4 is 10.6 Å². The third-order valence-electron chi connectivity index (χ3n) is 3.33. The van der Waals surface area contributed by atoms with Gasteiger partial charge in [0.05, 0.1) is 11.3 Å². The van der Waals surface area contributed by atoms with Crippen LogP contribution >= 0.6 is 0 Å². The van der Waals surface area contributed by atoms with Crippen LogP contribution in [-0.2, 0) is 9.59 Å². The molecule has 5 heteroatoms. The summed E-state index contributed by atoms with van der Waals surface area (Å²) in [5, 5.41) is 14.1. The Morgan fingerprint density at radius 1 is 0.913 bits per heavy atom. The molecule has 0 atom stereocenters. The molecule has 0 saturated heterocycles. The van der Waals surface area contributed by atoms with Crippen molar-refractivity contribution in [1.82, 2.24) is 0 Å². The number of amides is 2. The van der Waals surface area contributed by atoms with Gasteiger partial charge in [-0.15, -0.1) is 0 Å². The number of benzene rings is 2. The first-order valence-electron chi connectivity index (χ1n) is 7.23. The summed E-state index contributed by atoms with van der Waals surface area (Å²) in [4.78, 5) is 24.1. The molecule has 0 heterocycles. The van der Waals surface area contributed by atoms with Crippen molar-refractivity contribution in [2.24, 2.45) is 0 Å². The predicted octanol–water partition coefficient (Wildman–Crippen LogP) is 3.26. The van der Waals surface area contributed by atoms with E-state index in [4.69, 9.17) is 5.26 Å². The van der Waals surface area contributed by atoms with Crippen LogP contribution in [0.5, 0.6) is 0 Å². The van der Waals surface area contributed by atoms with Gasteiger partial charge in [-0.05, 0) is 29.7 Å². The minimum absolute atomic E-state index is 0.217. The van der Waals surface area contributed by atoms with Crippen molar-refractivity contribution in [2.75, 3.05) is 10.6 Å². The zero-order valence-electron chi connectivity index (χ0n) is 13.0. The molecule has 2 N–H and O–H groups in total. The average molecular weight is 307 g/mol. The van der Waals surface area contributed by atoms with Crippen molar-refractivity contribution in [1.29, 1.82) is 5.26 Å². The molecular weight excluding hydrogens is 290 g/mol. The maximum absolute atomic E-state index is 12.1. The van der Waals surface area contributed by atoms with E-state index in [-0.39, 0.29) is 5.92 Å². The Morgan fingerprint density at radius 2 is 1.43 bits per heavy atom. The molecule has 2 aromatic carbocycles. The van der Waals surface area contributed by atoms with Crippen molar-refractivity contribution in [2.45, 2.75) is 19.8 Å². The van der Waals surface area contributed by atoms with Gasteiger partial charge in [0.25, 0.3) is 0 Å².